The molecule has 114 valence electrons. The Morgan fingerprint density at radius 1 is 1.24 bits per heavy atom. The molecular formula is C14H17FN2O3S. The minimum atomic E-state index is -3.85. The number of nitrogens with one attached hydrogen (secondary N) is 1. The third kappa shape index (κ3) is 2.93. The third-order valence-corrected chi connectivity index (χ3v) is 4.79. The van der Waals surface area contributed by atoms with Crippen LogP contribution in [0.3, 0.4) is 0 Å². The van der Waals surface area contributed by atoms with Crippen LogP contribution in [0.2, 0.25) is 0 Å². The number of benzene rings is 1. The van der Waals surface area contributed by atoms with E-state index in [4.69, 9.17) is 10.2 Å². The molecule has 1 aromatic heterocycles. The van der Waals surface area contributed by atoms with E-state index in [2.05, 4.69) is 4.72 Å². The maximum absolute atomic E-state index is 13.1. The van der Waals surface area contributed by atoms with Gasteiger partial charge in [0.2, 0.25) is 0 Å². The first kappa shape index (κ1) is 15.5. The van der Waals surface area contributed by atoms with Crippen molar-refractivity contribution in [2.45, 2.75) is 32.2 Å². The van der Waals surface area contributed by atoms with Crippen LogP contribution >= 0.6 is 0 Å². The first-order valence-electron chi connectivity index (χ1n) is 6.34. The summed E-state index contributed by atoms with van der Waals surface area (Å²) in [5, 5.41) is 0. The highest BCUT2D eigenvalue weighted by molar-refractivity contribution is 7.92. The second-order valence-corrected chi connectivity index (χ2v) is 6.41. The fourth-order valence-corrected chi connectivity index (χ4v) is 3.83. The van der Waals surface area contributed by atoms with Gasteiger partial charge >= 0.3 is 0 Å². The number of anilines is 1. The van der Waals surface area contributed by atoms with E-state index < -0.39 is 15.8 Å². The molecule has 0 bridgehead atoms. The zero-order chi connectivity index (χ0) is 15.8. The largest absolute Gasteiger partial charge is 0.465 e. The number of aryl methyl sites for hydroxylation is 3. The molecule has 1 aromatic carbocycles. The average Bonchev–Trinajstić information content (AvgIpc) is 2.67. The lowest BCUT2D eigenvalue weighted by atomic mass is 10.2. The van der Waals surface area contributed by atoms with E-state index in [0.29, 0.717) is 22.6 Å². The Kier molecular flexibility index (Phi) is 4.06. The van der Waals surface area contributed by atoms with Gasteiger partial charge in [0, 0.05) is 12.1 Å². The van der Waals surface area contributed by atoms with Crippen molar-refractivity contribution in [3.8, 4) is 0 Å². The number of furan rings is 1. The summed E-state index contributed by atoms with van der Waals surface area (Å²) in [6, 6.07) is 3.84. The number of halogens is 1. The summed E-state index contributed by atoms with van der Waals surface area (Å²) in [4.78, 5) is 0.0474. The summed E-state index contributed by atoms with van der Waals surface area (Å²) < 4.78 is 45.9. The zero-order valence-corrected chi connectivity index (χ0v) is 12.8. The normalized spacial score (nSPS) is 11.7. The summed E-state index contributed by atoms with van der Waals surface area (Å²) in [6.07, 6.45) is 0. The predicted octanol–water partition coefficient (Wildman–Crippen LogP) is 2.60. The van der Waals surface area contributed by atoms with E-state index in [0.717, 1.165) is 0 Å². The van der Waals surface area contributed by atoms with E-state index >= 15 is 0 Å². The molecular weight excluding hydrogens is 295 g/mol. The van der Waals surface area contributed by atoms with Gasteiger partial charge in [0.1, 0.15) is 22.2 Å². The molecule has 0 atom stereocenters. The summed E-state index contributed by atoms with van der Waals surface area (Å²) in [5.41, 5.74) is 6.86. The Morgan fingerprint density at radius 3 is 2.48 bits per heavy atom. The van der Waals surface area contributed by atoms with Gasteiger partial charge in [-0.15, -0.1) is 0 Å². The lowest BCUT2D eigenvalue weighted by molar-refractivity contribution is 0.494. The number of hydrogen-bond acceptors (Lipinski definition) is 4. The molecule has 0 saturated carbocycles. The zero-order valence-electron chi connectivity index (χ0n) is 12.0. The summed E-state index contributed by atoms with van der Waals surface area (Å²) >= 11 is 0. The monoisotopic (exact) mass is 312 g/mol. The van der Waals surface area contributed by atoms with Gasteiger partial charge in [0.05, 0.1) is 5.69 Å². The van der Waals surface area contributed by atoms with Crippen LogP contribution in [0.15, 0.2) is 27.5 Å². The lowest BCUT2D eigenvalue weighted by Crippen LogP contribution is -2.17. The molecule has 0 aliphatic carbocycles. The molecule has 1 heterocycles. The van der Waals surface area contributed by atoms with Crippen LogP contribution in [-0.4, -0.2) is 8.42 Å². The van der Waals surface area contributed by atoms with E-state index in [1.807, 2.05) is 0 Å². The van der Waals surface area contributed by atoms with Gasteiger partial charge in [-0.25, -0.2) is 12.8 Å². The van der Waals surface area contributed by atoms with Crippen LogP contribution in [0.4, 0.5) is 10.1 Å². The van der Waals surface area contributed by atoms with E-state index in [-0.39, 0.29) is 17.2 Å². The molecule has 0 amide bonds. The summed E-state index contributed by atoms with van der Waals surface area (Å²) in [6.45, 7) is 4.91. The van der Waals surface area contributed by atoms with Crippen LogP contribution in [0, 0.1) is 26.6 Å². The smallest absolute Gasteiger partial charge is 0.265 e. The number of hydrogen-bond donors (Lipinski definition) is 2. The van der Waals surface area contributed by atoms with Crippen molar-refractivity contribution in [3.05, 3.63) is 46.7 Å². The molecule has 0 fully saturated rings. The van der Waals surface area contributed by atoms with Gasteiger partial charge in [0.25, 0.3) is 10.0 Å². The van der Waals surface area contributed by atoms with Crippen LogP contribution in [0.5, 0.6) is 0 Å². The molecule has 2 aromatic rings. The quantitative estimate of drug-likeness (QED) is 0.908. The average molecular weight is 312 g/mol. The van der Waals surface area contributed by atoms with Gasteiger partial charge in [-0.05, 0) is 44.5 Å². The van der Waals surface area contributed by atoms with Crippen LogP contribution in [-0.2, 0) is 16.6 Å². The standard InChI is InChI=1S/C14H17FN2O3S/c1-8-6-11(15)4-5-13(8)17-21(18,19)14-10(3)20-9(2)12(14)7-16/h4-6,17H,7,16H2,1-3H3. The second kappa shape index (κ2) is 5.50. The summed E-state index contributed by atoms with van der Waals surface area (Å²) in [7, 11) is -3.85. The molecule has 0 spiro atoms. The minimum absolute atomic E-state index is 0.0474. The Labute approximate surface area is 123 Å². The fourth-order valence-electron chi connectivity index (χ4n) is 2.24. The van der Waals surface area contributed by atoms with Crippen molar-refractivity contribution in [1.82, 2.24) is 0 Å². The van der Waals surface area contributed by atoms with Gasteiger partial charge in [-0.2, -0.15) is 0 Å². The highest BCUT2D eigenvalue weighted by Crippen LogP contribution is 2.28. The first-order valence-corrected chi connectivity index (χ1v) is 7.82. The van der Waals surface area contributed by atoms with Crippen molar-refractivity contribution >= 4 is 15.7 Å². The fraction of sp³-hybridized carbons (Fsp3) is 0.286. The highest BCUT2D eigenvalue weighted by Gasteiger charge is 2.26. The third-order valence-electron chi connectivity index (χ3n) is 3.23. The van der Waals surface area contributed by atoms with E-state index in [1.54, 1.807) is 20.8 Å². The minimum Gasteiger partial charge on any atom is -0.465 e. The predicted molar refractivity (Wildman–Crippen MR) is 78.0 cm³/mol. The van der Waals surface area contributed by atoms with Gasteiger partial charge in [0.15, 0.2) is 0 Å². The van der Waals surface area contributed by atoms with Crippen molar-refractivity contribution < 1.29 is 17.2 Å². The van der Waals surface area contributed by atoms with Crippen LogP contribution < -0.4 is 10.5 Å². The Balaban J connectivity index is 2.48. The molecule has 7 heteroatoms. The Hall–Kier alpha value is -1.86. The lowest BCUT2D eigenvalue weighted by Gasteiger charge is -2.11. The molecule has 0 saturated heterocycles. The first-order chi connectivity index (χ1) is 9.76. The number of rotatable bonds is 4. The van der Waals surface area contributed by atoms with Crippen LogP contribution in [0.25, 0.3) is 0 Å². The van der Waals surface area contributed by atoms with Crippen molar-refractivity contribution in [2.24, 2.45) is 5.73 Å². The maximum atomic E-state index is 13.1. The molecule has 5 nitrogen and oxygen atoms in total. The molecule has 0 radical (unpaired) electrons. The molecule has 0 aliphatic heterocycles. The van der Waals surface area contributed by atoms with Crippen LogP contribution in [0.1, 0.15) is 22.6 Å². The topological polar surface area (TPSA) is 85.3 Å². The number of sulfonamides is 1. The van der Waals surface area contributed by atoms with E-state index in [1.165, 1.54) is 18.2 Å². The van der Waals surface area contributed by atoms with Crippen molar-refractivity contribution in [3.63, 3.8) is 0 Å². The molecule has 0 aliphatic rings. The van der Waals surface area contributed by atoms with Gasteiger partial charge in [-0.3, -0.25) is 4.72 Å². The van der Waals surface area contributed by atoms with E-state index in [9.17, 15) is 12.8 Å². The molecule has 0 unspecified atom stereocenters. The molecule has 3 N–H and O–H groups in total. The second-order valence-electron chi connectivity index (χ2n) is 4.79. The van der Waals surface area contributed by atoms with Gasteiger partial charge < -0.3 is 10.2 Å². The Bertz CT molecular complexity index is 782. The maximum Gasteiger partial charge on any atom is 0.265 e. The molecule has 2 rings (SSSR count). The highest BCUT2D eigenvalue weighted by atomic mass is 32.2. The van der Waals surface area contributed by atoms with Crippen molar-refractivity contribution in [1.29, 1.82) is 0 Å². The summed E-state index contributed by atoms with van der Waals surface area (Å²) in [5.74, 6) is 0.333. The Morgan fingerprint density at radius 2 is 1.90 bits per heavy atom. The van der Waals surface area contributed by atoms with Gasteiger partial charge in [-0.1, -0.05) is 0 Å². The number of nitrogens with two attached hydrogens (primary N) is 1. The molecule has 21 heavy (non-hydrogen) atoms. The van der Waals surface area contributed by atoms with Crippen molar-refractivity contribution in [2.75, 3.05) is 4.72 Å². The SMILES string of the molecule is Cc1cc(F)ccc1NS(=O)(=O)c1c(C)oc(C)c1CN.